The number of carbonyl (C=O) groups is 2. The van der Waals surface area contributed by atoms with Crippen LogP contribution in [0.3, 0.4) is 0 Å². The van der Waals surface area contributed by atoms with Gasteiger partial charge in [-0.25, -0.2) is 14.8 Å². The van der Waals surface area contributed by atoms with E-state index in [-0.39, 0.29) is 16.6 Å². The molecule has 2 rings (SSSR count). The highest BCUT2D eigenvalue weighted by Crippen LogP contribution is 2.26. The van der Waals surface area contributed by atoms with Crippen LogP contribution in [0.2, 0.25) is 0 Å². The highest BCUT2D eigenvalue weighted by atomic mass is 16.7. The summed E-state index contributed by atoms with van der Waals surface area (Å²) in [6, 6.07) is 0.694. The van der Waals surface area contributed by atoms with E-state index in [1.807, 2.05) is 0 Å². The smallest absolute Gasteiger partial charge is 0.317 e. The molecule has 1 heterocycles. The number of nitrogens with one attached hydrogen (secondary N) is 1. The van der Waals surface area contributed by atoms with Crippen molar-refractivity contribution in [2.45, 2.75) is 52.5 Å². The van der Waals surface area contributed by atoms with Gasteiger partial charge in [0.25, 0.3) is 5.91 Å². The molecule has 1 unspecified atom stereocenters. The van der Waals surface area contributed by atoms with Crippen LogP contribution in [-0.4, -0.2) is 38.5 Å². The Morgan fingerprint density at radius 3 is 2.61 bits per heavy atom. The van der Waals surface area contributed by atoms with Crippen LogP contribution < -0.4 is 5.32 Å². The summed E-state index contributed by atoms with van der Waals surface area (Å²) < 4.78 is 0. The molecule has 1 aromatic rings. The van der Waals surface area contributed by atoms with Gasteiger partial charge in [-0.1, -0.05) is 5.16 Å². The van der Waals surface area contributed by atoms with Gasteiger partial charge >= 0.3 is 5.97 Å². The molecule has 10 heteroatoms. The molecule has 1 fully saturated rings. The number of nitro groups is 1. The van der Waals surface area contributed by atoms with Crippen molar-refractivity contribution < 1.29 is 19.3 Å². The van der Waals surface area contributed by atoms with Crippen LogP contribution >= 0.6 is 0 Å². The van der Waals surface area contributed by atoms with Crippen molar-refractivity contribution in [2.75, 3.05) is 5.32 Å². The lowest BCUT2D eigenvalue weighted by atomic mass is 9.89. The minimum Gasteiger partial charge on any atom is -0.317 e. The molecule has 1 N–H and O–H groups in total. The highest BCUT2D eigenvalue weighted by Gasteiger charge is 2.30. The number of amides is 1. The first-order chi connectivity index (χ1) is 13.2. The van der Waals surface area contributed by atoms with Crippen LogP contribution in [-0.2, 0) is 14.4 Å². The Hall–Kier alpha value is -3.17. The van der Waals surface area contributed by atoms with Crippen LogP contribution in [0.25, 0.3) is 0 Å². The third-order valence-corrected chi connectivity index (χ3v) is 4.06. The Morgan fingerprint density at radius 2 is 2.00 bits per heavy atom. The first kappa shape index (κ1) is 21.1. The van der Waals surface area contributed by atoms with Crippen LogP contribution in [0.1, 0.15) is 46.5 Å². The topological polar surface area (TPSA) is 137 Å². The van der Waals surface area contributed by atoms with Crippen molar-refractivity contribution >= 4 is 23.5 Å². The highest BCUT2D eigenvalue weighted by molar-refractivity contribution is 6.47. The molecule has 0 aliphatic heterocycles. The summed E-state index contributed by atoms with van der Waals surface area (Å²) in [7, 11) is 0. The number of nitrogens with zero attached hydrogens (tertiary/aromatic N) is 4. The molecule has 0 aromatic carbocycles. The number of rotatable bonds is 5. The zero-order valence-electron chi connectivity index (χ0n) is 16.0. The molecular weight excluding hydrogens is 366 g/mol. The molecule has 1 aromatic heterocycles. The average molecular weight is 389 g/mol. The maximum absolute atomic E-state index is 12.6. The molecule has 0 bridgehead atoms. The van der Waals surface area contributed by atoms with Crippen molar-refractivity contribution in [2.24, 2.45) is 10.6 Å². The van der Waals surface area contributed by atoms with Gasteiger partial charge in [0.2, 0.25) is 12.0 Å². The summed E-state index contributed by atoms with van der Waals surface area (Å²) in [6.07, 6.45) is 6.57. The molecular formula is C18H23N5O5. The molecule has 1 aliphatic carbocycles. The van der Waals surface area contributed by atoms with Crippen molar-refractivity contribution in [3.63, 3.8) is 0 Å². The van der Waals surface area contributed by atoms with Crippen LogP contribution in [0, 0.1) is 15.5 Å². The molecule has 1 saturated carbocycles. The van der Waals surface area contributed by atoms with Crippen LogP contribution in [0.15, 0.2) is 35.3 Å². The van der Waals surface area contributed by atoms with Crippen molar-refractivity contribution in [1.82, 2.24) is 9.97 Å². The lowest BCUT2D eigenvalue weighted by molar-refractivity contribution is -0.514. The molecule has 0 saturated heterocycles. The third kappa shape index (κ3) is 5.93. The summed E-state index contributed by atoms with van der Waals surface area (Å²) in [5, 5.41) is 17.4. The minimum atomic E-state index is -0.891. The second-order valence-electron chi connectivity index (χ2n) is 7.40. The predicted molar refractivity (Wildman–Crippen MR) is 101 cm³/mol. The Morgan fingerprint density at radius 1 is 1.32 bits per heavy atom. The first-order valence-electron chi connectivity index (χ1n) is 8.90. The summed E-state index contributed by atoms with van der Waals surface area (Å²) in [5.41, 5.74) is -0.616. The molecule has 1 aliphatic rings. The fraction of sp³-hybridized carbons (Fsp3) is 0.500. The summed E-state index contributed by atoms with van der Waals surface area (Å²) >= 11 is 0. The molecule has 0 radical (unpaired) electrons. The third-order valence-electron chi connectivity index (χ3n) is 4.06. The lowest BCUT2D eigenvalue weighted by Crippen LogP contribution is -2.29. The van der Waals surface area contributed by atoms with Gasteiger partial charge in [-0.2, -0.15) is 0 Å². The molecule has 0 spiro atoms. The van der Waals surface area contributed by atoms with Crippen molar-refractivity contribution in [3.05, 3.63) is 40.2 Å². The Kier molecular flexibility index (Phi) is 6.91. The fourth-order valence-electron chi connectivity index (χ4n) is 2.49. The van der Waals surface area contributed by atoms with Gasteiger partial charge in [0.1, 0.15) is 0 Å². The number of hydrogen-bond acceptors (Lipinski definition) is 8. The molecule has 1 amide bonds. The average Bonchev–Trinajstić information content (AvgIpc) is 2.65. The van der Waals surface area contributed by atoms with E-state index in [4.69, 9.17) is 4.84 Å². The standard InChI is InChI=1S/C18H23N5O5/c1-18(2,3)16(25)28-22-13(15(24)21-17-19-9-6-10-20-17)11-12-7-4-5-8-14(12)23(26)27/h6,9-11,14H,4-5,7-8H2,1-3H3,(H,19,20,21,24)/b12-11+,22-13+. The molecule has 10 nitrogen and oxygen atoms in total. The van der Waals surface area contributed by atoms with Gasteiger partial charge in [0, 0.05) is 29.3 Å². The molecule has 150 valence electrons. The minimum absolute atomic E-state index is 0.0372. The summed E-state index contributed by atoms with van der Waals surface area (Å²) in [4.78, 5) is 48.2. The SMILES string of the molecule is CC(C)(C)C(=O)O/N=C(\C=C1/CCCCC1[N+](=O)[O-])C(=O)Nc1ncccn1. The first-order valence-corrected chi connectivity index (χ1v) is 8.90. The second kappa shape index (κ2) is 9.16. The number of aromatic nitrogens is 2. The van der Waals surface area contributed by atoms with Crippen molar-refractivity contribution in [1.29, 1.82) is 0 Å². The van der Waals surface area contributed by atoms with Crippen LogP contribution in [0.4, 0.5) is 5.95 Å². The molecule has 1 atom stereocenters. The largest absolute Gasteiger partial charge is 0.340 e. The van der Waals surface area contributed by atoms with E-state index in [1.54, 1.807) is 26.8 Å². The van der Waals surface area contributed by atoms with Gasteiger partial charge in [0.05, 0.1) is 5.41 Å². The Balaban J connectivity index is 2.32. The van der Waals surface area contributed by atoms with E-state index in [0.29, 0.717) is 18.4 Å². The normalized spacial score (nSPS) is 19.2. The Bertz CT molecular complexity index is 798. The number of oxime groups is 1. The Labute approximate surface area is 162 Å². The summed E-state index contributed by atoms with van der Waals surface area (Å²) in [6.45, 7) is 4.93. The maximum Gasteiger partial charge on any atom is 0.340 e. The van der Waals surface area contributed by atoms with Gasteiger partial charge in [-0.05, 0) is 52.2 Å². The quantitative estimate of drug-likeness (QED) is 0.353. The molecule has 28 heavy (non-hydrogen) atoms. The van der Waals surface area contributed by atoms with E-state index in [9.17, 15) is 19.7 Å². The number of anilines is 1. The van der Waals surface area contributed by atoms with Crippen LogP contribution in [0.5, 0.6) is 0 Å². The number of hydrogen-bond donors (Lipinski definition) is 1. The van der Waals surface area contributed by atoms with E-state index in [1.165, 1.54) is 18.5 Å². The van der Waals surface area contributed by atoms with E-state index in [2.05, 4.69) is 20.4 Å². The predicted octanol–water partition coefficient (Wildman–Crippen LogP) is 2.51. The zero-order chi connectivity index (χ0) is 20.7. The van der Waals surface area contributed by atoms with E-state index in [0.717, 1.165) is 12.8 Å². The fourth-order valence-corrected chi connectivity index (χ4v) is 2.49. The van der Waals surface area contributed by atoms with Crippen molar-refractivity contribution in [3.8, 4) is 0 Å². The monoisotopic (exact) mass is 389 g/mol. The van der Waals surface area contributed by atoms with E-state index < -0.39 is 23.3 Å². The zero-order valence-corrected chi connectivity index (χ0v) is 16.0. The van der Waals surface area contributed by atoms with Gasteiger partial charge in [-0.15, -0.1) is 0 Å². The summed E-state index contributed by atoms with van der Waals surface area (Å²) in [5.74, 6) is -1.33. The van der Waals surface area contributed by atoms with Gasteiger partial charge in [0.15, 0.2) is 5.71 Å². The lowest BCUT2D eigenvalue weighted by Gasteiger charge is -2.19. The number of carbonyl (C=O) groups excluding carboxylic acids is 2. The van der Waals surface area contributed by atoms with E-state index >= 15 is 0 Å². The van der Waals surface area contributed by atoms with Gasteiger partial charge < -0.3 is 4.84 Å². The second-order valence-corrected chi connectivity index (χ2v) is 7.40. The maximum atomic E-state index is 12.6. The van der Waals surface area contributed by atoms with Gasteiger partial charge in [-0.3, -0.25) is 20.2 Å².